The van der Waals surface area contributed by atoms with E-state index in [4.69, 9.17) is 4.74 Å². The predicted molar refractivity (Wildman–Crippen MR) is 97.7 cm³/mol. The van der Waals surface area contributed by atoms with Crippen molar-refractivity contribution in [1.82, 2.24) is 20.0 Å². The molecule has 0 saturated carbocycles. The largest absolute Gasteiger partial charge is 0.465 e. The van der Waals surface area contributed by atoms with E-state index in [9.17, 15) is 22.8 Å². The van der Waals surface area contributed by atoms with Gasteiger partial charge in [0.2, 0.25) is 0 Å². The molecule has 1 aliphatic rings. The summed E-state index contributed by atoms with van der Waals surface area (Å²) in [5, 5.41) is 7.00. The number of fused-ring (bicyclic) bond motifs is 1. The Hall–Kier alpha value is -3.04. The van der Waals surface area contributed by atoms with E-state index in [1.165, 1.54) is 12.1 Å². The summed E-state index contributed by atoms with van der Waals surface area (Å²) >= 11 is 0. The van der Waals surface area contributed by atoms with E-state index in [2.05, 4.69) is 10.4 Å². The van der Waals surface area contributed by atoms with E-state index in [0.29, 0.717) is 30.8 Å². The maximum atomic E-state index is 12.7. The molecule has 7 nitrogen and oxygen atoms in total. The van der Waals surface area contributed by atoms with Gasteiger partial charge in [0.05, 0.1) is 30.1 Å². The Kier molecular flexibility index (Phi) is 6.09. The first kappa shape index (κ1) is 20.7. The molecule has 0 bridgehead atoms. The van der Waals surface area contributed by atoms with Crippen LogP contribution < -0.4 is 5.32 Å². The number of rotatable bonds is 4. The number of aryl methyl sites for hydroxylation is 1. The molecule has 0 unspecified atom stereocenters. The van der Waals surface area contributed by atoms with E-state index in [-0.39, 0.29) is 25.7 Å². The van der Waals surface area contributed by atoms with Gasteiger partial charge < -0.3 is 15.0 Å². The Morgan fingerprint density at radius 1 is 1.21 bits per heavy atom. The number of hydrogen-bond acceptors (Lipinski definition) is 4. The van der Waals surface area contributed by atoms with Gasteiger partial charge in [0.15, 0.2) is 0 Å². The first-order valence-electron chi connectivity index (χ1n) is 9.20. The lowest BCUT2D eigenvalue weighted by atomic mass is 10.1. The monoisotopic (exact) mass is 410 g/mol. The van der Waals surface area contributed by atoms with E-state index in [0.717, 1.165) is 17.8 Å². The van der Waals surface area contributed by atoms with Crippen molar-refractivity contribution in [3.05, 3.63) is 41.6 Å². The van der Waals surface area contributed by atoms with Crippen LogP contribution in [0.15, 0.2) is 30.3 Å². The lowest BCUT2D eigenvalue weighted by Crippen LogP contribution is -2.42. The summed E-state index contributed by atoms with van der Waals surface area (Å²) in [5.41, 5.74) is 1.16. The van der Waals surface area contributed by atoms with Gasteiger partial charge in [-0.25, -0.2) is 4.79 Å². The summed E-state index contributed by atoms with van der Waals surface area (Å²) in [6, 6.07) is 6.19. The third-order valence-corrected chi connectivity index (χ3v) is 4.50. The number of carbonyl (C=O) groups is 2. The highest BCUT2D eigenvalue weighted by Gasteiger charge is 2.30. The molecule has 1 N–H and O–H groups in total. The van der Waals surface area contributed by atoms with Crippen LogP contribution in [-0.2, 0) is 28.8 Å². The Morgan fingerprint density at radius 2 is 1.93 bits per heavy atom. The molecule has 1 aromatic carbocycles. The number of alkyl halides is 3. The minimum atomic E-state index is -4.39. The van der Waals surface area contributed by atoms with Gasteiger partial charge in [0.1, 0.15) is 6.54 Å². The topological polar surface area (TPSA) is 76.5 Å². The van der Waals surface area contributed by atoms with Crippen molar-refractivity contribution in [2.45, 2.75) is 32.6 Å². The van der Waals surface area contributed by atoms with E-state index < -0.39 is 17.7 Å². The quantitative estimate of drug-likeness (QED) is 0.786. The van der Waals surface area contributed by atoms with Crippen molar-refractivity contribution >= 4 is 12.0 Å². The minimum Gasteiger partial charge on any atom is -0.465 e. The maximum Gasteiger partial charge on any atom is 0.416 e. The number of esters is 1. The summed E-state index contributed by atoms with van der Waals surface area (Å²) in [7, 11) is 0. The standard InChI is InChI=1S/C19H21F3N4O3/c1-2-29-17(27)11-23-18(28)25-8-3-9-26-15(12-25)10-16(24-26)13-4-6-14(7-5-13)19(20,21)22/h4-7,10H,2-3,8-9,11-12H2,1H3,(H,23,28). The molecule has 2 aromatic rings. The number of benzene rings is 1. The molecule has 0 spiro atoms. The van der Waals surface area contributed by atoms with Crippen LogP contribution in [0.4, 0.5) is 18.0 Å². The fourth-order valence-electron chi connectivity index (χ4n) is 3.08. The fraction of sp³-hybridized carbons (Fsp3) is 0.421. The van der Waals surface area contributed by atoms with Crippen molar-refractivity contribution in [2.75, 3.05) is 19.7 Å². The van der Waals surface area contributed by atoms with Gasteiger partial charge in [-0.2, -0.15) is 18.3 Å². The molecule has 3 rings (SSSR count). The van der Waals surface area contributed by atoms with Crippen molar-refractivity contribution in [2.24, 2.45) is 0 Å². The van der Waals surface area contributed by atoms with Crippen LogP contribution in [0, 0.1) is 0 Å². The molecule has 0 radical (unpaired) electrons. The number of carbonyl (C=O) groups excluding carboxylic acids is 2. The van der Waals surface area contributed by atoms with Gasteiger partial charge in [-0.3, -0.25) is 9.48 Å². The number of halogens is 3. The number of aromatic nitrogens is 2. The molecule has 10 heteroatoms. The first-order valence-corrected chi connectivity index (χ1v) is 9.20. The molecule has 2 amide bonds. The van der Waals surface area contributed by atoms with E-state index >= 15 is 0 Å². The molecule has 29 heavy (non-hydrogen) atoms. The second kappa shape index (κ2) is 8.54. The zero-order valence-corrected chi connectivity index (χ0v) is 15.8. The van der Waals surface area contributed by atoms with Gasteiger partial charge >= 0.3 is 18.2 Å². The number of nitrogens with one attached hydrogen (secondary N) is 1. The zero-order valence-electron chi connectivity index (χ0n) is 15.8. The number of urea groups is 1. The van der Waals surface area contributed by atoms with E-state index in [1.807, 2.05) is 0 Å². The smallest absolute Gasteiger partial charge is 0.416 e. The molecule has 156 valence electrons. The second-order valence-electron chi connectivity index (χ2n) is 6.56. The number of nitrogens with zero attached hydrogens (tertiary/aromatic N) is 3. The Labute approximate surface area is 165 Å². The highest BCUT2D eigenvalue weighted by molar-refractivity contribution is 5.80. The van der Waals surface area contributed by atoms with Crippen molar-refractivity contribution in [1.29, 1.82) is 0 Å². The van der Waals surface area contributed by atoms with Crippen LogP contribution in [0.3, 0.4) is 0 Å². The summed E-state index contributed by atoms with van der Waals surface area (Å²) in [6.45, 7) is 3.07. The third-order valence-electron chi connectivity index (χ3n) is 4.50. The van der Waals surface area contributed by atoms with Crippen LogP contribution in [0.25, 0.3) is 11.3 Å². The fourth-order valence-corrected chi connectivity index (χ4v) is 3.08. The molecular formula is C19H21F3N4O3. The summed E-state index contributed by atoms with van der Waals surface area (Å²) in [5.74, 6) is -0.509. The predicted octanol–water partition coefficient (Wildman–Crippen LogP) is 3.05. The molecular weight excluding hydrogens is 389 g/mol. The molecule has 1 aliphatic heterocycles. The maximum absolute atomic E-state index is 12.7. The van der Waals surface area contributed by atoms with Crippen LogP contribution in [0.5, 0.6) is 0 Å². The first-order chi connectivity index (χ1) is 13.8. The van der Waals surface area contributed by atoms with Crippen molar-refractivity contribution < 1.29 is 27.5 Å². The Morgan fingerprint density at radius 3 is 2.59 bits per heavy atom. The van der Waals surface area contributed by atoms with Crippen LogP contribution >= 0.6 is 0 Å². The lowest BCUT2D eigenvalue weighted by Gasteiger charge is -2.20. The van der Waals surface area contributed by atoms with Crippen LogP contribution in [0.1, 0.15) is 24.6 Å². The molecule has 0 saturated heterocycles. The highest BCUT2D eigenvalue weighted by atomic mass is 19.4. The average molecular weight is 410 g/mol. The molecule has 0 fully saturated rings. The molecule has 2 heterocycles. The average Bonchev–Trinajstić information content (AvgIpc) is 2.97. The SMILES string of the molecule is CCOC(=O)CNC(=O)N1CCCn2nc(-c3ccc(C(F)(F)F)cc3)cc2C1. The summed E-state index contributed by atoms with van der Waals surface area (Å²) < 4.78 is 44.7. The van der Waals surface area contributed by atoms with Crippen molar-refractivity contribution in [3.8, 4) is 11.3 Å². The number of hydrogen-bond donors (Lipinski definition) is 1. The van der Waals surface area contributed by atoms with Gasteiger partial charge in [0, 0.05) is 18.7 Å². The minimum absolute atomic E-state index is 0.209. The van der Waals surface area contributed by atoms with Gasteiger partial charge in [-0.05, 0) is 31.5 Å². The van der Waals surface area contributed by atoms with E-state index in [1.54, 1.807) is 22.6 Å². The molecule has 0 aliphatic carbocycles. The van der Waals surface area contributed by atoms with Gasteiger partial charge in [-0.1, -0.05) is 12.1 Å². The normalized spacial score (nSPS) is 14.1. The van der Waals surface area contributed by atoms with Crippen molar-refractivity contribution in [3.63, 3.8) is 0 Å². The number of amides is 2. The third kappa shape index (κ3) is 5.07. The van der Waals surface area contributed by atoms with Gasteiger partial charge in [-0.15, -0.1) is 0 Å². The number of ether oxygens (including phenoxy) is 1. The summed E-state index contributed by atoms with van der Waals surface area (Å²) in [4.78, 5) is 25.3. The Bertz CT molecular complexity index is 878. The highest BCUT2D eigenvalue weighted by Crippen LogP contribution is 2.31. The zero-order chi connectivity index (χ0) is 21.0. The lowest BCUT2D eigenvalue weighted by molar-refractivity contribution is -0.142. The van der Waals surface area contributed by atoms with Gasteiger partial charge in [0.25, 0.3) is 0 Å². The molecule has 0 atom stereocenters. The van der Waals surface area contributed by atoms with Crippen LogP contribution in [-0.4, -0.2) is 46.4 Å². The summed E-state index contributed by atoms with van der Waals surface area (Å²) in [6.07, 6.45) is -3.73. The Balaban J connectivity index is 1.70. The molecule has 1 aromatic heterocycles. The van der Waals surface area contributed by atoms with Crippen LogP contribution in [0.2, 0.25) is 0 Å². The second-order valence-corrected chi connectivity index (χ2v) is 6.56.